The predicted octanol–water partition coefficient (Wildman–Crippen LogP) is 3.64. The number of nitrogens with zero attached hydrogens (tertiary/aromatic N) is 1. The van der Waals surface area contributed by atoms with Crippen molar-refractivity contribution in [1.29, 1.82) is 0 Å². The fraction of sp³-hybridized carbons (Fsp3) is 0.538. The van der Waals surface area contributed by atoms with Gasteiger partial charge in [-0.2, -0.15) is 0 Å². The first kappa shape index (κ1) is 13.5. The van der Waals surface area contributed by atoms with E-state index in [1.165, 1.54) is 25.3 Å². The van der Waals surface area contributed by atoms with Crippen molar-refractivity contribution in [1.82, 2.24) is 5.32 Å². The van der Waals surface area contributed by atoms with E-state index in [0.717, 1.165) is 16.6 Å². The quantitative estimate of drug-likeness (QED) is 0.667. The molecule has 1 fully saturated rings. The lowest BCUT2D eigenvalue weighted by Gasteiger charge is -2.38. The van der Waals surface area contributed by atoms with Crippen LogP contribution in [0.4, 0.5) is 5.69 Å². The van der Waals surface area contributed by atoms with Gasteiger partial charge in [-0.05, 0) is 29.9 Å². The van der Waals surface area contributed by atoms with Gasteiger partial charge in [0.2, 0.25) is 0 Å². The molecule has 5 heteroatoms. The van der Waals surface area contributed by atoms with Crippen LogP contribution in [0, 0.1) is 15.5 Å². The summed E-state index contributed by atoms with van der Waals surface area (Å²) < 4.78 is 0.753. The van der Waals surface area contributed by atoms with Gasteiger partial charge in [0, 0.05) is 29.7 Å². The van der Waals surface area contributed by atoms with Crippen LogP contribution in [0.2, 0.25) is 0 Å². The second-order valence-corrected chi connectivity index (χ2v) is 6.26. The van der Waals surface area contributed by atoms with E-state index in [-0.39, 0.29) is 10.6 Å². The Morgan fingerprint density at radius 3 is 2.72 bits per heavy atom. The number of hydrogen-bond donors (Lipinski definition) is 1. The zero-order valence-corrected chi connectivity index (χ0v) is 12.0. The number of benzene rings is 1. The van der Waals surface area contributed by atoms with Crippen molar-refractivity contribution >= 4 is 21.6 Å². The molecule has 0 bridgehead atoms. The highest BCUT2D eigenvalue weighted by atomic mass is 79.9. The van der Waals surface area contributed by atoms with Crippen LogP contribution in [-0.4, -0.2) is 11.5 Å². The van der Waals surface area contributed by atoms with Crippen molar-refractivity contribution in [3.8, 4) is 0 Å². The summed E-state index contributed by atoms with van der Waals surface area (Å²) in [6.45, 7) is 3.94. The topological polar surface area (TPSA) is 55.2 Å². The molecule has 1 aromatic carbocycles. The van der Waals surface area contributed by atoms with E-state index in [9.17, 15) is 10.1 Å². The fourth-order valence-electron chi connectivity index (χ4n) is 2.31. The van der Waals surface area contributed by atoms with Crippen molar-refractivity contribution < 1.29 is 4.92 Å². The van der Waals surface area contributed by atoms with E-state index >= 15 is 0 Å². The van der Waals surface area contributed by atoms with Crippen molar-refractivity contribution in [2.45, 2.75) is 32.7 Å². The highest BCUT2D eigenvalue weighted by Gasteiger charge is 2.30. The summed E-state index contributed by atoms with van der Waals surface area (Å²) in [5.74, 6) is 0. The van der Waals surface area contributed by atoms with Crippen LogP contribution in [0.25, 0.3) is 0 Å². The minimum Gasteiger partial charge on any atom is -0.312 e. The van der Waals surface area contributed by atoms with E-state index in [4.69, 9.17) is 0 Å². The van der Waals surface area contributed by atoms with Crippen LogP contribution in [0.1, 0.15) is 31.7 Å². The maximum absolute atomic E-state index is 10.8. The summed E-state index contributed by atoms with van der Waals surface area (Å²) in [7, 11) is 0. The molecule has 98 valence electrons. The molecule has 18 heavy (non-hydrogen) atoms. The third kappa shape index (κ3) is 3.29. The molecule has 0 saturated heterocycles. The molecule has 0 amide bonds. The van der Waals surface area contributed by atoms with Crippen LogP contribution in [-0.2, 0) is 6.54 Å². The van der Waals surface area contributed by atoms with Crippen molar-refractivity contribution in [2.24, 2.45) is 5.41 Å². The molecule has 1 saturated carbocycles. The summed E-state index contributed by atoms with van der Waals surface area (Å²) in [4.78, 5) is 10.4. The molecule has 0 unspecified atom stereocenters. The molecule has 0 radical (unpaired) electrons. The summed E-state index contributed by atoms with van der Waals surface area (Å²) in [5.41, 5.74) is 1.51. The lowest BCUT2D eigenvalue weighted by molar-refractivity contribution is -0.385. The molecule has 0 heterocycles. The Bertz CT molecular complexity index is 458. The van der Waals surface area contributed by atoms with Crippen LogP contribution < -0.4 is 5.32 Å². The van der Waals surface area contributed by atoms with Gasteiger partial charge in [0.25, 0.3) is 5.69 Å². The Kier molecular flexibility index (Phi) is 4.02. The number of nitrogens with one attached hydrogen (secondary N) is 1. The number of non-ortho nitro benzene ring substituents is 1. The van der Waals surface area contributed by atoms with Gasteiger partial charge in [-0.1, -0.05) is 29.3 Å². The monoisotopic (exact) mass is 312 g/mol. The number of halogens is 1. The smallest absolute Gasteiger partial charge is 0.270 e. The van der Waals surface area contributed by atoms with E-state index in [1.54, 1.807) is 6.07 Å². The molecule has 0 aliphatic heterocycles. The van der Waals surface area contributed by atoms with Gasteiger partial charge in [0.1, 0.15) is 0 Å². The Morgan fingerprint density at radius 1 is 1.44 bits per heavy atom. The first-order valence-corrected chi connectivity index (χ1v) is 6.92. The number of hydrogen-bond acceptors (Lipinski definition) is 3. The maximum Gasteiger partial charge on any atom is 0.270 e. The van der Waals surface area contributed by atoms with E-state index in [0.29, 0.717) is 12.0 Å². The molecule has 0 spiro atoms. The van der Waals surface area contributed by atoms with E-state index < -0.39 is 0 Å². The Morgan fingerprint density at radius 2 is 2.17 bits per heavy atom. The molecule has 4 nitrogen and oxygen atoms in total. The minimum atomic E-state index is -0.360. The van der Waals surface area contributed by atoms with Gasteiger partial charge in [0.15, 0.2) is 0 Å². The average molecular weight is 313 g/mol. The van der Waals surface area contributed by atoms with Gasteiger partial charge >= 0.3 is 0 Å². The number of nitro groups is 1. The minimum absolute atomic E-state index is 0.135. The van der Waals surface area contributed by atoms with Crippen molar-refractivity contribution in [2.75, 3.05) is 6.54 Å². The zero-order chi connectivity index (χ0) is 13.2. The van der Waals surface area contributed by atoms with Crippen LogP contribution in [0.3, 0.4) is 0 Å². The van der Waals surface area contributed by atoms with Crippen molar-refractivity contribution in [3.63, 3.8) is 0 Å². The Balaban J connectivity index is 1.94. The lowest BCUT2D eigenvalue weighted by Crippen LogP contribution is -2.36. The van der Waals surface area contributed by atoms with Gasteiger partial charge in [-0.15, -0.1) is 0 Å². The summed E-state index contributed by atoms with van der Waals surface area (Å²) >= 11 is 3.31. The lowest BCUT2D eigenvalue weighted by atomic mass is 9.70. The Labute approximate surface area is 115 Å². The second kappa shape index (κ2) is 5.36. The third-order valence-electron chi connectivity index (χ3n) is 3.59. The van der Waals surface area contributed by atoms with Gasteiger partial charge < -0.3 is 5.32 Å². The summed E-state index contributed by atoms with van der Waals surface area (Å²) in [5, 5.41) is 14.2. The number of nitro benzene ring substituents is 1. The highest BCUT2D eigenvalue weighted by Crippen LogP contribution is 2.39. The Hall–Kier alpha value is -0.940. The highest BCUT2D eigenvalue weighted by molar-refractivity contribution is 9.10. The molecule has 2 rings (SSSR count). The molecule has 1 aliphatic carbocycles. The second-order valence-electron chi connectivity index (χ2n) is 5.34. The SMILES string of the molecule is CC1(CNCc2cc(Br)cc([N+](=O)[O-])c2)CCC1. The summed E-state index contributed by atoms with van der Waals surface area (Å²) in [6, 6.07) is 5.07. The van der Waals surface area contributed by atoms with Gasteiger partial charge in [-0.25, -0.2) is 0 Å². The van der Waals surface area contributed by atoms with E-state index in [1.807, 2.05) is 6.07 Å². The van der Waals surface area contributed by atoms with Crippen LogP contribution in [0.5, 0.6) is 0 Å². The molecule has 1 aromatic rings. The predicted molar refractivity (Wildman–Crippen MR) is 74.5 cm³/mol. The van der Waals surface area contributed by atoms with Crippen LogP contribution >= 0.6 is 15.9 Å². The normalized spacial score (nSPS) is 17.2. The fourth-order valence-corrected chi connectivity index (χ4v) is 2.84. The number of rotatable bonds is 5. The van der Waals surface area contributed by atoms with E-state index in [2.05, 4.69) is 28.2 Å². The van der Waals surface area contributed by atoms with Crippen molar-refractivity contribution in [3.05, 3.63) is 38.3 Å². The molecular weight excluding hydrogens is 296 g/mol. The largest absolute Gasteiger partial charge is 0.312 e. The molecular formula is C13H17BrN2O2. The molecule has 1 N–H and O–H groups in total. The van der Waals surface area contributed by atoms with Gasteiger partial charge in [-0.3, -0.25) is 10.1 Å². The molecule has 1 aliphatic rings. The first-order chi connectivity index (χ1) is 8.48. The summed E-state index contributed by atoms with van der Waals surface area (Å²) in [6.07, 6.45) is 3.87. The first-order valence-electron chi connectivity index (χ1n) is 6.13. The zero-order valence-electron chi connectivity index (χ0n) is 10.4. The third-order valence-corrected chi connectivity index (χ3v) is 4.05. The van der Waals surface area contributed by atoms with Crippen LogP contribution in [0.15, 0.2) is 22.7 Å². The molecule has 0 atom stereocenters. The standard InChI is InChI=1S/C13H17BrN2O2/c1-13(3-2-4-13)9-15-8-10-5-11(14)7-12(6-10)16(17)18/h5-7,15H,2-4,8-9H2,1H3. The van der Waals surface area contributed by atoms with Gasteiger partial charge in [0.05, 0.1) is 4.92 Å². The maximum atomic E-state index is 10.8. The molecule has 0 aromatic heterocycles. The average Bonchev–Trinajstić information content (AvgIpc) is 2.26.